The number of methoxy groups -OCH3 is 1. The quantitative estimate of drug-likeness (QED) is 0.752. The summed E-state index contributed by atoms with van der Waals surface area (Å²) in [7, 11) is 3.99. The van der Waals surface area contributed by atoms with Crippen molar-refractivity contribution in [3.8, 4) is 0 Å². The summed E-state index contributed by atoms with van der Waals surface area (Å²) in [4.78, 5) is 5.07. The zero-order chi connectivity index (χ0) is 13.3. The molecule has 1 aliphatic rings. The van der Waals surface area contributed by atoms with Crippen molar-refractivity contribution in [2.24, 2.45) is 0 Å². The van der Waals surface area contributed by atoms with Crippen LogP contribution in [0.25, 0.3) is 0 Å². The molecule has 0 aromatic heterocycles. The maximum Gasteiger partial charge on any atom is 0.0589 e. The monoisotopic (exact) mass is 242 g/mol. The van der Waals surface area contributed by atoms with E-state index in [0.717, 1.165) is 19.7 Å². The van der Waals surface area contributed by atoms with Crippen molar-refractivity contribution in [2.45, 2.75) is 58.2 Å². The summed E-state index contributed by atoms with van der Waals surface area (Å²) in [6.07, 6.45) is 1.24. The van der Waals surface area contributed by atoms with Crippen molar-refractivity contribution in [2.75, 3.05) is 33.9 Å². The fourth-order valence-electron chi connectivity index (χ4n) is 3.10. The highest BCUT2D eigenvalue weighted by atomic mass is 16.5. The summed E-state index contributed by atoms with van der Waals surface area (Å²) in [5.74, 6) is 0. The van der Waals surface area contributed by atoms with Crippen molar-refractivity contribution < 1.29 is 4.74 Å². The number of rotatable bonds is 4. The predicted molar refractivity (Wildman–Crippen MR) is 73.4 cm³/mol. The van der Waals surface area contributed by atoms with Crippen molar-refractivity contribution >= 4 is 0 Å². The number of ether oxygens (including phenoxy) is 1. The van der Waals surface area contributed by atoms with Crippen LogP contribution in [0.4, 0.5) is 0 Å². The lowest BCUT2D eigenvalue weighted by molar-refractivity contribution is 0.0651. The van der Waals surface area contributed by atoms with Crippen LogP contribution in [-0.2, 0) is 4.74 Å². The molecule has 0 aliphatic carbocycles. The van der Waals surface area contributed by atoms with Gasteiger partial charge in [0.05, 0.1) is 6.61 Å². The van der Waals surface area contributed by atoms with E-state index in [-0.39, 0.29) is 5.54 Å². The normalized spacial score (nSPS) is 25.8. The summed E-state index contributed by atoms with van der Waals surface area (Å²) < 4.78 is 5.16. The number of likely N-dealkylation sites (tertiary alicyclic amines) is 1. The molecule has 0 amide bonds. The Morgan fingerprint density at radius 1 is 1.35 bits per heavy atom. The van der Waals surface area contributed by atoms with Gasteiger partial charge >= 0.3 is 0 Å². The fraction of sp³-hybridized carbons (Fsp3) is 1.00. The number of nitrogens with zero attached hydrogens (tertiary/aromatic N) is 2. The van der Waals surface area contributed by atoms with Gasteiger partial charge in [-0.05, 0) is 48.1 Å². The summed E-state index contributed by atoms with van der Waals surface area (Å²) in [6, 6.07) is 0.652. The minimum atomic E-state index is 0.250. The van der Waals surface area contributed by atoms with Crippen molar-refractivity contribution in [1.29, 1.82) is 0 Å². The van der Waals surface area contributed by atoms with Crippen LogP contribution in [0.3, 0.4) is 0 Å². The summed E-state index contributed by atoms with van der Waals surface area (Å²) in [5.41, 5.74) is 0.546. The van der Waals surface area contributed by atoms with Crippen LogP contribution in [0.2, 0.25) is 0 Å². The van der Waals surface area contributed by atoms with Crippen LogP contribution in [0.15, 0.2) is 0 Å². The molecule has 1 fully saturated rings. The molecule has 0 spiro atoms. The minimum Gasteiger partial charge on any atom is -0.383 e. The molecule has 0 N–H and O–H groups in total. The lowest BCUT2D eigenvalue weighted by Gasteiger charge is -2.42. The average molecular weight is 242 g/mol. The topological polar surface area (TPSA) is 15.7 Å². The standard InChI is InChI=1S/C14H30N2O/c1-13(2,3)16-11-12(10-14(16,4)5)15(6)8-9-17-7/h12H,8-11H2,1-7H3/t12-/m1/s1. The maximum absolute atomic E-state index is 5.16. The highest BCUT2D eigenvalue weighted by Crippen LogP contribution is 2.36. The Morgan fingerprint density at radius 2 is 1.94 bits per heavy atom. The Morgan fingerprint density at radius 3 is 2.35 bits per heavy atom. The highest BCUT2D eigenvalue weighted by Gasteiger charge is 2.44. The molecule has 3 nitrogen and oxygen atoms in total. The largest absolute Gasteiger partial charge is 0.383 e. The van der Waals surface area contributed by atoms with E-state index in [1.165, 1.54) is 6.42 Å². The molecule has 1 saturated heterocycles. The fourth-order valence-corrected chi connectivity index (χ4v) is 3.10. The molecule has 1 heterocycles. The molecule has 1 rings (SSSR count). The lowest BCUT2D eigenvalue weighted by atomic mass is 9.95. The molecule has 0 aromatic rings. The van der Waals surface area contributed by atoms with Gasteiger partial charge in [0.2, 0.25) is 0 Å². The van der Waals surface area contributed by atoms with Gasteiger partial charge in [-0.1, -0.05) is 0 Å². The first-order valence-electron chi connectivity index (χ1n) is 6.65. The zero-order valence-electron chi connectivity index (χ0n) is 12.7. The van der Waals surface area contributed by atoms with Crippen LogP contribution in [-0.4, -0.2) is 60.8 Å². The second-order valence-corrected chi connectivity index (χ2v) is 6.93. The third-order valence-corrected chi connectivity index (χ3v) is 3.94. The molecule has 0 bridgehead atoms. The Bertz CT molecular complexity index is 245. The summed E-state index contributed by atoms with van der Waals surface area (Å²) >= 11 is 0. The molecule has 102 valence electrons. The smallest absolute Gasteiger partial charge is 0.0589 e. The van der Waals surface area contributed by atoms with Gasteiger partial charge in [0.1, 0.15) is 0 Å². The third kappa shape index (κ3) is 3.67. The van der Waals surface area contributed by atoms with E-state index in [0.29, 0.717) is 11.6 Å². The second-order valence-electron chi connectivity index (χ2n) is 6.93. The Hall–Kier alpha value is -0.120. The molecular weight excluding hydrogens is 212 g/mol. The van der Waals surface area contributed by atoms with Crippen LogP contribution in [0.5, 0.6) is 0 Å². The van der Waals surface area contributed by atoms with E-state index < -0.39 is 0 Å². The molecule has 0 unspecified atom stereocenters. The van der Waals surface area contributed by atoms with Gasteiger partial charge in [-0.15, -0.1) is 0 Å². The Kier molecular flexibility index (Phi) is 4.61. The van der Waals surface area contributed by atoms with Crippen LogP contribution >= 0.6 is 0 Å². The van der Waals surface area contributed by atoms with Gasteiger partial charge in [-0.25, -0.2) is 0 Å². The van der Waals surface area contributed by atoms with Crippen LogP contribution in [0.1, 0.15) is 41.0 Å². The first kappa shape index (κ1) is 14.9. The second kappa shape index (κ2) is 5.25. The van der Waals surface area contributed by atoms with Crippen molar-refractivity contribution in [3.63, 3.8) is 0 Å². The minimum absolute atomic E-state index is 0.250. The van der Waals surface area contributed by atoms with Crippen LogP contribution < -0.4 is 0 Å². The third-order valence-electron chi connectivity index (χ3n) is 3.94. The average Bonchev–Trinajstić information content (AvgIpc) is 2.50. The van der Waals surface area contributed by atoms with Crippen molar-refractivity contribution in [1.82, 2.24) is 9.80 Å². The summed E-state index contributed by atoms with van der Waals surface area (Å²) in [6.45, 7) is 14.7. The first-order valence-corrected chi connectivity index (χ1v) is 6.65. The van der Waals surface area contributed by atoms with E-state index in [4.69, 9.17) is 4.74 Å². The molecule has 17 heavy (non-hydrogen) atoms. The summed E-state index contributed by atoms with van der Waals surface area (Å²) in [5, 5.41) is 0. The molecule has 3 heteroatoms. The van der Waals surface area contributed by atoms with Gasteiger partial charge in [0.25, 0.3) is 0 Å². The van der Waals surface area contributed by atoms with Crippen molar-refractivity contribution in [3.05, 3.63) is 0 Å². The lowest BCUT2D eigenvalue weighted by Crippen LogP contribution is -2.50. The molecule has 0 radical (unpaired) electrons. The highest BCUT2D eigenvalue weighted by molar-refractivity contribution is 5.01. The van der Waals surface area contributed by atoms with Gasteiger partial charge < -0.3 is 4.74 Å². The number of hydrogen-bond acceptors (Lipinski definition) is 3. The van der Waals surface area contributed by atoms with Gasteiger partial charge in [0, 0.05) is 37.3 Å². The van der Waals surface area contributed by atoms with Gasteiger partial charge in [-0.2, -0.15) is 0 Å². The molecule has 0 aromatic carbocycles. The molecule has 0 saturated carbocycles. The maximum atomic E-state index is 5.16. The van der Waals surface area contributed by atoms with Gasteiger partial charge in [0.15, 0.2) is 0 Å². The van der Waals surface area contributed by atoms with E-state index in [9.17, 15) is 0 Å². The Balaban J connectivity index is 2.64. The number of likely N-dealkylation sites (N-methyl/N-ethyl adjacent to an activating group) is 1. The van der Waals surface area contributed by atoms with E-state index >= 15 is 0 Å². The van der Waals surface area contributed by atoms with Crippen LogP contribution in [0, 0.1) is 0 Å². The molecular formula is C14H30N2O. The predicted octanol–water partition coefficient (Wildman–Crippen LogP) is 2.22. The SMILES string of the molecule is COCCN(C)[C@H]1CN(C(C)(C)C)C(C)(C)C1. The van der Waals surface area contributed by atoms with Gasteiger partial charge in [-0.3, -0.25) is 9.80 Å². The van der Waals surface area contributed by atoms with E-state index in [2.05, 4.69) is 51.5 Å². The number of hydrogen-bond donors (Lipinski definition) is 0. The molecule has 1 atom stereocenters. The zero-order valence-corrected chi connectivity index (χ0v) is 12.7. The van der Waals surface area contributed by atoms with E-state index in [1.54, 1.807) is 7.11 Å². The molecule has 1 aliphatic heterocycles. The Labute approximate surface area is 107 Å². The first-order chi connectivity index (χ1) is 7.68. The van der Waals surface area contributed by atoms with E-state index in [1.807, 2.05) is 0 Å².